The lowest BCUT2D eigenvalue weighted by atomic mass is 10.2. The van der Waals surface area contributed by atoms with Crippen LogP contribution >= 0.6 is 0 Å². The van der Waals surface area contributed by atoms with Gasteiger partial charge >= 0.3 is 11.9 Å². The fraction of sp³-hybridized carbons (Fsp3) is 0.500. The Kier molecular flexibility index (Phi) is 7.66. The second-order valence-electron chi connectivity index (χ2n) is 3.65. The number of hydrogen-bond donors (Lipinski definition) is 3. The predicted octanol–water partition coefficient (Wildman–Crippen LogP) is 0.814. The quantitative estimate of drug-likeness (QED) is 0.417. The van der Waals surface area contributed by atoms with Gasteiger partial charge in [-0.05, 0) is 12.5 Å². The minimum atomic E-state index is -1.16. The number of carbonyl (C=O) groups is 2. The van der Waals surface area contributed by atoms with Crippen molar-refractivity contribution in [1.29, 1.82) is 0 Å². The number of hydrogen-bond acceptors (Lipinski definition) is 4. The van der Waals surface area contributed by atoms with Gasteiger partial charge in [0, 0.05) is 6.42 Å². The summed E-state index contributed by atoms with van der Waals surface area (Å²) < 4.78 is 5.05. The Hall–Kier alpha value is -1.66. The Morgan fingerprint density at radius 3 is 2.44 bits per heavy atom. The van der Waals surface area contributed by atoms with Crippen molar-refractivity contribution < 1.29 is 29.6 Å². The molecule has 0 amide bonds. The summed E-state index contributed by atoms with van der Waals surface area (Å²) in [7, 11) is 0. The van der Waals surface area contributed by atoms with Crippen LogP contribution in [0.25, 0.3) is 0 Å². The highest BCUT2D eigenvalue weighted by Gasteiger charge is 2.15. The van der Waals surface area contributed by atoms with Crippen LogP contribution in [-0.2, 0) is 14.3 Å². The number of aliphatic hydroxyl groups is 1. The maximum Gasteiger partial charge on any atom is 0.335 e. The SMILES string of the molecule is C=C(/C=C\[C@@H](O)CCOC(CC)C(=O)O)C(=O)O. The molecule has 0 rings (SSSR count). The second-order valence-corrected chi connectivity index (χ2v) is 3.65. The lowest BCUT2D eigenvalue weighted by Crippen LogP contribution is -2.24. The van der Waals surface area contributed by atoms with Crippen molar-refractivity contribution in [2.24, 2.45) is 0 Å². The molecule has 0 aromatic heterocycles. The van der Waals surface area contributed by atoms with Crippen LogP contribution in [0.4, 0.5) is 0 Å². The highest BCUT2D eigenvalue weighted by Crippen LogP contribution is 2.03. The molecule has 0 saturated carbocycles. The van der Waals surface area contributed by atoms with Gasteiger partial charge in [-0.3, -0.25) is 0 Å². The first kappa shape index (κ1) is 16.3. The molecule has 6 nitrogen and oxygen atoms in total. The molecule has 3 N–H and O–H groups in total. The van der Waals surface area contributed by atoms with Crippen LogP contribution in [0.1, 0.15) is 19.8 Å². The number of rotatable bonds is 9. The molecule has 0 radical (unpaired) electrons. The van der Waals surface area contributed by atoms with Crippen LogP contribution in [0, 0.1) is 0 Å². The van der Waals surface area contributed by atoms with E-state index >= 15 is 0 Å². The second kappa shape index (κ2) is 8.43. The van der Waals surface area contributed by atoms with E-state index in [4.69, 9.17) is 14.9 Å². The molecule has 1 unspecified atom stereocenters. The smallest absolute Gasteiger partial charge is 0.335 e. The molecule has 2 atom stereocenters. The summed E-state index contributed by atoms with van der Waals surface area (Å²) >= 11 is 0. The van der Waals surface area contributed by atoms with E-state index in [-0.39, 0.29) is 18.6 Å². The first-order chi connectivity index (χ1) is 8.38. The lowest BCUT2D eigenvalue weighted by molar-refractivity contribution is -0.150. The Balaban J connectivity index is 3.97. The zero-order valence-corrected chi connectivity index (χ0v) is 10.2. The molecular formula is C12H18O6. The molecule has 18 heavy (non-hydrogen) atoms. The summed E-state index contributed by atoms with van der Waals surface area (Å²) in [6, 6.07) is 0. The van der Waals surface area contributed by atoms with Crippen LogP contribution in [-0.4, -0.2) is 46.1 Å². The van der Waals surface area contributed by atoms with Crippen LogP contribution in [0.5, 0.6) is 0 Å². The van der Waals surface area contributed by atoms with E-state index in [0.29, 0.717) is 6.42 Å². The summed E-state index contributed by atoms with van der Waals surface area (Å²) in [5.41, 5.74) is -0.132. The van der Waals surface area contributed by atoms with Crippen molar-refractivity contribution in [3.05, 3.63) is 24.3 Å². The van der Waals surface area contributed by atoms with Gasteiger partial charge in [-0.25, -0.2) is 9.59 Å². The van der Waals surface area contributed by atoms with Crippen molar-refractivity contribution in [3.8, 4) is 0 Å². The van der Waals surface area contributed by atoms with Crippen molar-refractivity contribution in [2.45, 2.75) is 32.0 Å². The van der Waals surface area contributed by atoms with Gasteiger partial charge in [-0.1, -0.05) is 19.6 Å². The maximum absolute atomic E-state index is 10.6. The largest absolute Gasteiger partial charge is 0.479 e. The molecule has 0 saturated heterocycles. The molecular weight excluding hydrogens is 240 g/mol. The number of aliphatic carboxylic acids is 2. The summed E-state index contributed by atoms with van der Waals surface area (Å²) in [4.78, 5) is 21.0. The minimum absolute atomic E-state index is 0.0792. The minimum Gasteiger partial charge on any atom is -0.479 e. The average molecular weight is 258 g/mol. The van der Waals surface area contributed by atoms with Gasteiger partial charge in [-0.15, -0.1) is 0 Å². The van der Waals surface area contributed by atoms with E-state index in [1.165, 1.54) is 12.2 Å². The maximum atomic E-state index is 10.6. The molecule has 6 heteroatoms. The molecule has 0 fully saturated rings. The standard InChI is InChI=1S/C12H18O6/c1-3-10(12(16)17)18-7-6-9(13)5-4-8(2)11(14)15/h4-5,9-10,13H,2-3,6-7H2,1H3,(H,14,15)(H,16,17)/b5-4-/t9-,10?/m1/s1. The number of ether oxygens (including phenoxy) is 1. The van der Waals surface area contributed by atoms with Crippen molar-refractivity contribution in [2.75, 3.05) is 6.61 Å². The van der Waals surface area contributed by atoms with E-state index in [1.54, 1.807) is 6.92 Å². The molecule has 0 heterocycles. The van der Waals surface area contributed by atoms with E-state index in [1.807, 2.05) is 0 Å². The topological polar surface area (TPSA) is 104 Å². The Bertz CT molecular complexity index is 333. The third-order valence-corrected chi connectivity index (χ3v) is 2.17. The molecule has 0 aromatic carbocycles. The Labute approximate surface area is 105 Å². The van der Waals surface area contributed by atoms with Crippen LogP contribution in [0.3, 0.4) is 0 Å². The van der Waals surface area contributed by atoms with Gasteiger partial charge in [0.1, 0.15) is 0 Å². The van der Waals surface area contributed by atoms with Gasteiger partial charge in [0.05, 0.1) is 18.3 Å². The zero-order valence-electron chi connectivity index (χ0n) is 10.2. The summed E-state index contributed by atoms with van der Waals surface area (Å²) in [6.07, 6.45) is 1.23. The van der Waals surface area contributed by atoms with E-state index in [0.717, 1.165) is 0 Å². The summed E-state index contributed by atoms with van der Waals surface area (Å²) in [5.74, 6) is -2.20. The Morgan fingerprint density at radius 2 is 2.00 bits per heavy atom. The van der Waals surface area contributed by atoms with E-state index in [2.05, 4.69) is 6.58 Å². The highest BCUT2D eigenvalue weighted by atomic mass is 16.5. The first-order valence-electron chi connectivity index (χ1n) is 5.51. The molecule has 0 aliphatic carbocycles. The third kappa shape index (κ3) is 6.82. The normalized spacial score (nSPS) is 14.3. The van der Waals surface area contributed by atoms with Crippen molar-refractivity contribution >= 4 is 11.9 Å². The van der Waals surface area contributed by atoms with Crippen molar-refractivity contribution in [3.63, 3.8) is 0 Å². The van der Waals surface area contributed by atoms with Crippen molar-refractivity contribution in [1.82, 2.24) is 0 Å². The molecule has 102 valence electrons. The number of aliphatic hydroxyl groups excluding tert-OH is 1. The molecule has 0 aliphatic rings. The predicted molar refractivity (Wildman–Crippen MR) is 64.2 cm³/mol. The average Bonchev–Trinajstić information content (AvgIpc) is 2.30. The van der Waals surface area contributed by atoms with Gasteiger partial charge in [0.15, 0.2) is 6.10 Å². The number of carboxylic acids is 2. The monoisotopic (exact) mass is 258 g/mol. The van der Waals surface area contributed by atoms with Gasteiger partial charge in [0.25, 0.3) is 0 Å². The first-order valence-corrected chi connectivity index (χ1v) is 5.51. The summed E-state index contributed by atoms with van der Waals surface area (Å²) in [5, 5.41) is 26.7. The molecule has 0 bridgehead atoms. The van der Waals surface area contributed by atoms with E-state index in [9.17, 15) is 14.7 Å². The van der Waals surface area contributed by atoms with Gasteiger partial charge in [-0.2, -0.15) is 0 Å². The van der Waals surface area contributed by atoms with Gasteiger partial charge < -0.3 is 20.1 Å². The third-order valence-electron chi connectivity index (χ3n) is 2.17. The van der Waals surface area contributed by atoms with E-state index < -0.39 is 24.1 Å². The molecule has 0 spiro atoms. The fourth-order valence-electron chi connectivity index (χ4n) is 1.09. The van der Waals surface area contributed by atoms with Crippen LogP contribution in [0.15, 0.2) is 24.3 Å². The van der Waals surface area contributed by atoms with Crippen LogP contribution in [0.2, 0.25) is 0 Å². The summed E-state index contributed by atoms with van der Waals surface area (Å²) in [6.45, 7) is 5.03. The van der Waals surface area contributed by atoms with Gasteiger partial charge in [0.2, 0.25) is 0 Å². The lowest BCUT2D eigenvalue weighted by Gasteiger charge is -2.12. The zero-order chi connectivity index (χ0) is 14.1. The molecule has 0 aliphatic heterocycles. The van der Waals surface area contributed by atoms with Crippen LogP contribution < -0.4 is 0 Å². The Morgan fingerprint density at radius 1 is 1.39 bits per heavy atom. The molecule has 0 aromatic rings. The fourth-order valence-corrected chi connectivity index (χ4v) is 1.09. The highest BCUT2D eigenvalue weighted by molar-refractivity contribution is 5.88. The number of carboxylic acid groups (broad SMARTS) is 2.